The lowest BCUT2D eigenvalue weighted by molar-refractivity contribution is 0.590. The van der Waals surface area contributed by atoms with Crippen LogP contribution >= 0.6 is 0 Å². The van der Waals surface area contributed by atoms with E-state index in [1.807, 2.05) is 0 Å². The van der Waals surface area contributed by atoms with Gasteiger partial charge in [-0.3, -0.25) is 0 Å². The quantitative estimate of drug-likeness (QED) is 0.156. The predicted octanol–water partition coefficient (Wildman–Crippen LogP) is 16.4. The van der Waals surface area contributed by atoms with Crippen LogP contribution in [-0.4, -0.2) is 28.5 Å². The Kier molecular flexibility index (Phi) is 10.3. The first-order valence-electron chi connectivity index (χ1n) is 31.5. The third-order valence-corrected chi connectivity index (χ3v) is 25.8. The van der Waals surface area contributed by atoms with E-state index < -0.39 is 8.07 Å². The molecule has 418 valence electrons. The Bertz CT molecular complexity index is 4900. The van der Waals surface area contributed by atoms with Crippen LogP contribution in [0.2, 0.25) is 0 Å². The van der Waals surface area contributed by atoms with Crippen molar-refractivity contribution in [3.8, 4) is 28.2 Å². The van der Waals surface area contributed by atoms with Crippen LogP contribution in [0, 0.1) is 0 Å². The van der Waals surface area contributed by atoms with Crippen molar-refractivity contribution in [1.29, 1.82) is 0 Å². The lowest BCUT2D eigenvalue weighted by Gasteiger charge is -2.43. The second-order valence-electron chi connectivity index (χ2n) is 31.2. The van der Waals surface area contributed by atoms with Crippen LogP contribution in [0.15, 0.2) is 140 Å². The van der Waals surface area contributed by atoms with Gasteiger partial charge in [0.1, 0.15) is 0 Å². The summed E-state index contributed by atoms with van der Waals surface area (Å²) < 4.78 is 8.28. The Morgan fingerprint density at radius 2 is 0.893 bits per heavy atom. The summed E-state index contributed by atoms with van der Waals surface area (Å²) >= 11 is 0. The second kappa shape index (κ2) is 16.5. The van der Waals surface area contributed by atoms with E-state index in [2.05, 4.69) is 278 Å². The molecule has 0 saturated heterocycles. The maximum absolute atomic E-state index is 3.24. The fraction of sp³-hybridized carbons (Fsp3) is 0.316. The van der Waals surface area contributed by atoms with Crippen LogP contribution in [0.25, 0.3) is 93.6 Å². The van der Waals surface area contributed by atoms with Crippen molar-refractivity contribution >= 4 is 117 Å². The van der Waals surface area contributed by atoms with E-state index >= 15 is 0 Å². The number of aromatic nitrogens is 3. The molecule has 84 heavy (non-hydrogen) atoms. The van der Waals surface area contributed by atoms with Crippen LogP contribution in [0.1, 0.15) is 181 Å². The van der Waals surface area contributed by atoms with Crippen LogP contribution in [0.4, 0.5) is 0 Å². The summed E-state index contributed by atoms with van der Waals surface area (Å²) in [6.45, 7) is 43.1. The van der Waals surface area contributed by atoms with E-state index in [-0.39, 0.29) is 28.4 Å². The lowest BCUT2D eigenvalue weighted by Crippen LogP contribution is -2.77. The van der Waals surface area contributed by atoms with Gasteiger partial charge in [-0.25, -0.2) is 0 Å². The molecule has 0 bridgehead atoms. The summed E-state index contributed by atoms with van der Waals surface area (Å²) in [4.78, 5) is 0. The molecule has 1 spiro atoms. The third-order valence-electron chi connectivity index (χ3n) is 21.0. The molecule has 4 aliphatic heterocycles. The van der Waals surface area contributed by atoms with Gasteiger partial charge in [0.05, 0.1) is 27.6 Å². The van der Waals surface area contributed by atoms with E-state index in [1.165, 1.54) is 154 Å². The Labute approximate surface area is 498 Å². The molecule has 9 aromatic carbocycles. The zero-order valence-electron chi connectivity index (χ0n) is 52.9. The van der Waals surface area contributed by atoms with Crippen molar-refractivity contribution in [3.05, 3.63) is 178 Å². The molecule has 0 atom stereocenters. The van der Waals surface area contributed by atoms with E-state index in [4.69, 9.17) is 0 Å². The van der Waals surface area contributed by atoms with E-state index in [0.717, 1.165) is 0 Å². The Hall–Kier alpha value is -7.34. The molecule has 0 saturated carbocycles. The first-order chi connectivity index (χ1) is 39.7. The van der Waals surface area contributed by atoms with Crippen molar-refractivity contribution in [1.82, 2.24) is 13.7 Å². The second-order valence-corrected chi connectivity index (χ2v) is 34.8. The highest BCUT2D eigenvalue weighted by Gasteiger charge is 2.57. The molecule has 5 heteroatoms. The number of hydrogen-bond acceptors (Lipinski definition) is 0. The highest BCUT2D eigenvalue weighted by Crippen LogP contribution is 2.48. The van der Waals surface area contributed by atoms with Gasteiger partial charge >= 0.3 is 0 Å². The molecule has 3 aromatic heterocycles. The molecule has 3 nitrogen and oxygen atoms in total. The molecule has 0 N–H and O–H groups in total. The summed E-state index contributed by atoms with van der Waals surface area (Å²) in [5.74, 6) is 1.18. The zero-order chi connectivity index (χ0) is 58.7. The maximum atomic E-state index is 2.88. The number of rotatable bonds is 4. The number of hydrogen-bond donors (Lipinski definition) is 0. The van der Waals surface area contributed by atoms with Crippen molar-refractivity contribution < 1.29 is 0 Å². The third kappa shape index (κ3) is 6.60. The van der Waals surface area contributed by atoms with Gasteiger partial charge in [0.15, 0.2) is 8.07 Å². The summed E-state index contributed by atoms with van der Waals surface area (Å²) in [6.07, 6.45) is 0. The van der Waals surface area contributed by atoms with Gasteiger partial charge in [-0.1, -0.05) is 210 Å². The average molecular weight is 1110 g/mol. The van der Waals surface area contributed by atoms with Crippen LogP contribution in [0.5, 0.6) is 0 Å². The highest BCUT2D eigenvalue weighted by atomic mass is 28.3. The summed E-state index contributed by atoms with van der Waals surface area (Å²) in [5, 5.41) is 14.4. The summed E-state index contributed by atoms with van der Waals surface area (Å²) in [6, 6.07) is 58.4. The molecule has 16 rings (SSSR count). The first kappa shape index (κ1) is 52.2. The zero-order valence-corrected chi connectivity index (χ0v) is 53.9. The average Bonchev–Trinajstić information content (AvgIpc) is 1.41. The normalized spacial score (nSPS) is 14.9. The Balaban J connectivity index is 1.19. The van der Waals surface area contributed by atoms with Crippen LogP contribution in [0.3, 0.4) is 0 Å². The van der Waals surface area contributed by atoms with Gasteiger partial charge in [-0.2, -0.15) is 0 Å². The first-order valence-corrected chi connectivity index (χ1v) is 33.5. The molecule has 4 aliphatic rings. The molecule has 0 aliphatic carbocycles. The molecule has 12 aromatic rings. The summed E-state index contributed by atoms with van der Waals surface area (Å²) in [5.41, 5.74) is 28.6. The molecular formula is C79H80BN3Si. The topological polar surface area (TPSA) is 14.8 Å². The van der Waals surface area contributed by atoms with Crippen LogP contribution in [-0.2, 0) is 21.7 Å². The SMILES string of the molecule is CC(C)c1ccc(-n2c3ccc(C(C)C)cc3c3c4c5c(cc32)c2ccc(C(C)C)cc2n5-c2ccc3c5c2B4c2cc(C(C)(C)C)cc4c6cc(C(C)(C)C)cc(c6n-5c24)[Si]32c3cc(C(C)(C)C)ccc3-c3ccc(C(C)(C)C)cc32)cc1. The van der Waals surface area contributed by atoms with Gasteiger partial charge in [0.25, 0.3) is 6.71 Å². The van der Waals surface area contributed by atoms with Crippen molar-refractivity contribution in [3.63, 3.8) is 0 Å². The highest BCUT2D eigenvalue weighted by molar-refractivity contribution is 7.24. The van der Waals surface area contributed by atoms with Crippen molar-refractivity contribution in [2.75, 3.05) is 0 Å². The minimum Gasteiger partial charge on any atom is -0.310 e. The Morgan fingerprint density at radius 1 is 0.357 bits per heavy atom. The van der Waals surface area contributed by atoms with Gasteiger partial charge in [-0.15, -0.1) is 0 Å². The fourth-order valence-corrected chi connectivity index (χ4v) is 21.9. The number of benzene rings is 9. The number of nitrogens with zero attached hydrogens (tertiary/aromatic N) is 3. The standard InChI is InChI=1S/C79H80BN3Si/c1-42(2)45-19-25-52(26-20-45)81-61-30-22-46(43(3)4)33-59(61)69-64(81)41-58-53-27-21-47(44(5)6)34-63(53)82-62-31-32-65-75-70(62)80(71(69)74(58)82)60-37-50(78(13,14)15)35-56-57-36-51(79(16,17)18)40-68(73(57)83(75)72(56)60)84(65)66-38-48(76(7,8)9)23-28-54(66)55-29-24-49(39-67(55)84)77(10,11)12/h19-44H,1-18H3. The molecule has 0 amide bonds. The summed E-state index contributed by atoms with van der Waals surface area (Å²) in [7, 11) is -3.24. The minimum atomic E-state index is -3.24. The Morgan fingerprint density at radius 3 is 1.49 bits per heavy atom. The van der Waals surface area contributed by atoms with Crippen molar-refractivity contribution in [2.45, 2.75) is 164 Å². The lowest BCUT2D eigenvalue weighted by atomic mass is 9.33. The van der Waals surface area contributed by atoms with E-state index in [0.29, 0.717) is 17.8 Å². The molecular weight excluding hydrogens is 1030 g/mol. The van der Waals surface area contributed by atoms with E-state index in [9.17, 15) is 0 Å². The van der Waals surface area contributed by atoms with Gasteiger partial charge in [0, 0.05) is 54.9 Å². The molecule has 7 heterocycles. The van der Waals surface area contributed by atoms with Crippen LogP contribution < -0.4 is 37.1 Å². The fourth-order valence-electron chi connectivity index (χ4n) is 16.2. The number of fused-ring (bicyclic) bond motifs is 18. The molecule has 0 radical (unpaired) electrons. The van der Waals surface area contributed by atoms with Gasteiger partial charge < -0.3 is 13.7 Å². The minimum absolute atomic E-state index is 0.0502. The van der Waals surface area contributed by atoms with E-state index in [1.54, 1.807) is 15.6 Å². The largest absolute Gasteiger partial charge is 0.310 e. The van der Waals surface area contributed by atoms with Gasteiger partial charge in [-0.05, 0) is 181 Å². The smallest absolute Gasteiger partial charge is 0.253 e. The monoisotopic (exact) mass is 1110 g/mol. The maximum Gasteiger partial charge on any atom is 0.253 e. The predicted molar refractivity (Wildman–Crippen MR) is 367 cm³/mol. The molecule has 0 unspecified atom stereocenters. The molecule has 0 fully saturated rings. The van der Waals surface area contributed by atoms with Gasteiger partial charge in [0.2, 0.25) is 0 Å². The van der Waals surface area contributed by atoms with Crippen molar-refractivity contribution in [2.24, 2.45) is 0 Å².